The fourth-order valence-electron chi connectivity index (χ4n) is 4.64. The number of ether oxygens (including phenoxy) is 2. The van der Waals surface area contributed by atoms with E-state index in [2.05, 4.69) is 4.65 Å². The molecule has 1 saturated heterocycles. The summed E-state index contributed by atoms with van der Waals surface area (Å²) in [7, 11) is -0.0163. The zero-order valence-corrected chi connectivity index (χ0v) is 18.6. The summed E-state index contributed by atoms with van der Waals surface area (Å²) in [5.41, 5.74) is 0.633. The second kappa shape index (κ2) is 8.22. The van der Waals surface area contributed by atoms with E-state index in [1.54, 1.807) is 23.9 Å². The Morgan fingerprint density at radius 2 is 2.15 bits per heavy atom. The van der Waals surface area contributed by atoms with Crippen LogP contribution >= 0.6 is 11.3 Å². The molecule has 0 unspecified atom stereocenters. The third-order valence-electron chi connectivity index (χ3n) is 5.90. The van der Waals surface area contributed by atoms with Crippen molar-refractivity contribution in [2.45, 2.75) is 12.6 Å². The van der Waals surface area contributed by atoms with E-state index in [9.17, 15) is 18.2 Å². The van der Waals surface area contributed by atoms with E-state index in [0.29, 0.717) is 49.7 Å². The quantitative estimate of drug-likeness (QED) is 0.519. The highest BCUT2D eigenvalue weighted by Gasteiger charge is 2.35. The summed E-state index contributed by atoms with van der Waals surface area (Å²) in [6.07, 6.45) is -0.245. The number of hydrogen-bond donors (Lipinski definition) is 0. The van der Waals surface area contributed by atoms with Crippen molar-refractivity contribution in [2.75, 3.05) is 50.3 Å². The van der Waals surface area contributed by atoms with Gasteiger partial charge in [-0.05, 0) is 6.07 Å². The van der Waals surface area contributed by atoms with Gasteiger partial charge >= 0.3 is 13.4 Å². The number of nitrogens with zero attached hydrogens (tertiary/aromatic N) is 3. The van der Waals surface area contributed by atoms with Gasteiger partial charge in [-0.15, -0.1) is 11.3 Å². The molecule has 0 amide bonds. The number of benzene rings is 1. The average Bonchev–Trinajstić information content (AvgIpc) is 3.16. The van der Waals surface area contributed by atoms with Gasteiger partial charge in [0.25, 0.3) is 0 Å². The molecule has 8 nitrogen and oxygen atoms in total. The molecular formula is C20H19BF3N3O5S. The van der Waals surface area contributed by atoms with Crippen LogP contribution in [0, 0.1) is 5.82 Å². The lowest BCUT2D eigenvalue weighted by Crippen LogP contribution is -2.45. The predicted molar refractivity (Wildman–Crippen MR) is 118 cm³/mol. The first-order valence-corrected chi connectivity index (χ1v) is 11.1. The number of thiazole rings is 1. The number of carbonyl (C=O) groups excluding carboxylic acids is 1. The first-order chi connectivity index (χ1) is 15.8. The van der Waals surface area contributed by atoms with Crippen LogP contribution in [0.2, 0.25) is 0 Å². The molecule has 5 rings (SSSR count). The maximum Gasteiger partial charge on any atom is 0.798 e. The molecule has 0 spiro atoms. The third-order valence-corrected chi connectivity index (χ3v) is 6.90. The van der Waals surface area contributed by atoms with Crippen molar-refractivity contribution in [2.24, 2.45) is 0 Å². The molecule has 0 bridgehead atoms. The van der Waals surface area contributed by atoms with Crippen molar-refractivity contribution in [1.82, 2.24) is 4.40 Å². The largest absolute Gasteiger partial charge is 0.798 e. The van der Waals surface area contributed by atoms with E-state index in [1.807, 2.05) is 9.80 Å². The van der Waals surface area contributed by atoms with Gasteiger partial charge in [0.15, 0.2) is 0 Å². The lowest BCUT2D eigenvalue weighted by Gasteiger charge is -2.38. The molecule has 174 valence electrons. The Bertz CT molecular complexity index is 1330. The van der Waals surface area contributed by atoms with Crippen molar-refractivity contribution in [3.63, 3.8) is 0 Å². The zero-order chi connectivity index (χ0) is 23.4. The molecule has 2 aliphatic heterocycles. The van der Waals surface area contributed by atoms with Gasteiger partial charge in [0.1, 0.15) is 16.2 Å². The molecule has 2 aliphatic rings. The summed E-state index contributed by atoms with van der Waals surface area (Å²) in [6.45, 7) is 1.94. The summed E-state index contributed by atoms with van der Waals surface area (Å²) < 4.78 is 57.6. The van der Waals surface area contributed by atoms with Crippen LogP contribution in [0.1, 0.15) is 16.1 Å². The Labute approximate surface area is 190 Å². The molecule has 1 aromatic carbocycles. The third kappa shape index (κ3) is 3.45. The maximum atomic E-state index is 15.6. The summed E-state index contributed by atoms with van der Waals surface area (Å²) in [4.78, 5) is 29.5. The van der Waals surface area contributed by atoms with Gasteiger partial charge < -0.3 is 23.9 Å². The van der Waals surface area contributed by atoms with E-state index in [-0.39, 0.29) is 16.3 Å². The van der Waals surface area contributed by atoms with E-state index in [0.717, 1.165) is 23.1 Å². The summed E-state index contributed by atoms with van der Waals surface area (Å²) in [5, 5.41) is 1.68. The van der Waals surface area contributed by atoms with Crippen molar-refractivity contribution in [3.05, 3.63) is 38.7 Å². The topological polar surface area (TPSA) is 72.7 Å². The van der Waals surface area contributed by atoms with Gasteiger partial charge in [-0.3, -0.25) is 9.20 Å². The molecule has 1 atom stereocenters. The predicted octanol–water partition coefficient (Wildman–Crippen LogP) is 2.54. The Balaban J connectivity index is 1.79. The number of aromatic nitrogens is 1. The first kappa shape index (κ1) is 22.0. The zero-order valence-electron chi connectivity index (χ0n) is 17.8. The normalized spacial score (nSPS) is 17.9. The number of morpholine rings is 1. The molecule has 2 aromatic heterocycles. The fourth-order valence-corrected chi connectivity index (χ4v) is 5.68. The van der Waals surface area contributed by atoms with Gasteiger partial charge in [0, 0.05) is 32.6 Å². The lowest BCUT2D eigenvalue weighted by atomic mass is 10.0. The van der Waals surface area contributed by atoms with Crippen LogP contribution in [0.15, 0.2) is 16.2 Å². The van der Waals surface area contributed by atoms with Crippen molar-refractivity contribution in [3.8, 4) is 0 Å². The van der Waals surface area contributed by atoms with Crippen molar-refractivity contribution < 1.29 is 31.9 Å². The van der Waals surface area contributed by atoms with Gasteiger partial charge in [-0.2, -0.15) is 0 Å². The van der Waals surface area contributed by atoms with Crippen LogP contribution in [0.5, 0.6) is 0 Å². The van der Waals surface area contributed by atoms with Gasteiger partial charge in [0.2, 0.25) is 5.43 Å². The number of rotatable bonds is 5. The van der Waals surface area contributed by atoms with Gasteiger partial charge in [0.05, 0.1) is 53.8 Å². The molecule has 0 N–H and O–H groups in total. The highest BCUT2D eigenvalue weighted by Crippen LogP contribution is 2.43. The van der Waals surface area contributed by atoms with Gasteiger partial charge in [-0.1, -0.05) is 0 Å². The van der Waals surface area contributed by atoms with Crippen LogP contribution in [0.25, 0.3) is 15.7 Å². The Morgan fingerprint density at radius 1 is 1.36 bits per heavy atom. The molecule has 1 fully saturated rings. The SMILES string of the molecule is COC[C@@H]1CN(c2c(F)cc3c(=O)c(C(=O)OB(F)F)c4scc5n4c3c2N(C)C5)CCO1. The number of halogens is 3. The highest BCUT2D eigenvalue weighted by atomic mass is 32.1. The van der Waals surface area contributed by atoms with Crippen LogP contribution < -0.4 is 15.2 Å². The monoisotopic (exact) mass is 481 g/mol. The number of anilines is 2. The summed E-state index contributed by atoms with van der Waals surface area (Å²) >= 11 is 1.08. The Kier molecular flexibility index (Phi) is 5.49. The minimum atomic E-state index is -3.37. The van der Waals surface area contributed by atoms with Crippen LogP contribution in [0.4, 0.5) is 24.4 Å². The molecule has 4 heterocycles. The Hall–Kier alpha value is -2.77. The molecule has 13 heteroatoms. The number of pyridine rings is 1. The molecule has 33 heavy (non-hydrogen) atoms. The molecule has 0 saturated carbocycles. The fraction of sp³-hybridized carbons (Fsp3) is 0.400. The lowest BCUT2D eigenvalue weighted by molar-refractivity contribution is -0.0101. The van der Waals surface area contributed by atoms with Crippen LogP contribution in [0.3, 0.4) is 0 Å². The van der Waals surface area contributed by atoms with Crippen LogP contribution in [-0.2, 0) is 20.7 Å². The van der Waals surface area contributed by atoms with E-state index in [1.165, 1.54) is 0 Å². The summed E-state index contributed by atoms with van der Waals surface area (Å²) in [5.74, 6) is -2.08. The minimum Gasteiger partial charge on any atom is -0.474 e. The minimum absolute atomic E-state index is 0.0714. The Morgan fingerprint density at radius 3 is 2.88 bits per heavy atom. The average molecular weight is 481 g/mol. The van der Waals surface area contributed by atoms with Crippen molar-refractivity contribution >= 4 is 51.9 Å². The van der Waals surface area contributed by atoms with Crippen molar-refractivity contribution in [1.29, 1.82) is 0 Å². The second-order valence-corrected chi connectivity index (χ2v) is 8.80. The molecular weight excluding hydrogens is 462 g/mol. The molecule has 3 aromatic rings. The van der Waals surface area contributed by atoms with Crippen LogP contribution in [-0.4, -0.2) is 64.4 Å². The number of methoxy groups -OCH3 is 1. The number of carbonyl (C=O) groups is 1. The molecule has 0 radical (unpaired) electrons. The van der Waals surface area contributed by atoms with Gasteiger partial charge in [-0.25, -0.2) is 17.8 Å². The number of hydrogen-bond acceptors (Lipinski definition) is 8. The van der Waals surface area contributed by atoms with E-state index in [4.69, 9.17) is 9.47 Å². The molecule has 0 aliphatic carbocycles. The highest BCUT2D eigenvalue weighted by molar-refractivity contribution is 7.16. The van der Waals surface area contributed by atoms with E-state index < -0.39 is 30.2 Å². The standard InChI is InChI=1S/C20H19BF3N3O5S/c1-25-6-10-9-33-19-14(20(29)32-21(23)24)18(28)12-5-13(22)16(17(25)15(12)27(10)19)26-3-4-31-11(7-26)8-30-2/h5,9,11H,3-4,6-8H2,1-2H3/t11-/m0/s1. The van der Waals surface area contributed by atoms with E-state index >= 15 is 4.39 Å². The smallest absolute Gasteiger partial charge is 0.474 e. The second-order valence-electron chi connectivity index (χ2n) is 7.94. The first-order valence-electron chi connectivity index (χ1n) is 10.2. The maximum absolute atomic E-state index is 15.6. The summed E-state index contributed by atoms with van der Waals surface area (Å²) in [6, 6.07) is 1.07.